The summed E-state index contributed by atoms with van der Waals surface area (Å²) in [5.74, 6) is -5.38. The predicted molar refractivity (Wildman–Crippen MR) is 71.2 cm³/mol. The molecule has 0 aromatic heterocycles. The Morgan fingerprint density at radius 2 is 1.62 bits per heavy atom. The number of nitrogens with one attached hydrogen (secondary N) is 1. The summed E-state index contributed by atoms with van der Waals surface area (Å²) in [5.41, 5.74) is -0.332. The number of carbonyl (C=O) groups excluding carboxylic acids is 2. The van der Waals surface area contributed by atoms with E-state index in [1.807, 2.05) is 13.8 Å². The number of hydrogen-bond acceptors (Lipinski definition) is 2. The molecule has 21 heavy (non-hydrogen) atoms. The number of carbonyl (C=O) groups is 2. The fourth-order valence-electron chi connectivity index (χ4n) is 1.81. The first kappa shape index (κ1) is 17.0. The minimum absolute atomic E-state index is 0.0365. The summed E-state index contributed by atoms with van der Waals surface area (Å²) in [6.45, 7) is 4.85. The third kappa shape index (κ3) is 4.47. The summed E-state index contributed by atoms with van der Waals surface area (Å²) >= 11 is 0. The van der Waals surface area contributed by atoms with E-state index in [2.05, 4.69) is 5.32 Å². The van der Waals surface area contributed by atoms with E-state index in [1.54, 1.807) is 4.90 Å². The van der Waals surface area contributed by atoms with E-state index in [0.29, 0.717) is 25.2 Å². The van der Waals surface area contributed by atoms with Gasteiger partial charge in [-0.25, -0.2) is 13.2 Å². The molecule has 0 aliphatic carbocycles. The monoisotopic (exact) mass is 302 g/mol. The van der Waals surface area contributed by atoms with Crippen LogP contribution in [0.2, 0.25) is 0 Å². The van der Waals surface area contributed by atoms with E-state index in [0.717, 1.165) is 0 Å². The van der Waals surface area contributed by atoms with Crippen LogP contribution >= 0.6 is 0 Å². The van der Waals surface area contributed by atoms with Crippen molar-refractivity contribution < 1.29 is 22.8 Å². The molecule has 116 valence electrons. The molecule has 0 fully saturated rings. The lowest BCUT2D eigenvalue weighted by Gasteiger charge is -2.18. The quantitative estimate of drug-likeness (QED) is 0.818. The lowest BCUT2D eigenvalue weighted by atomic mass is 10.2. The second-order valence-corrected chi connectivity index (χ2v) is 4.33. The standard InChI is InChI=1S/C14H17F3N2O2/c1-3-19(4-2)12(20)5-6-18-14(21)9-7-10(15)13(17)11(16)8-9/h7-8H,3-6H2,1-2H3,(H,18,21). The van der Waals surface area contributed by atoms with E-state index in [1.165, 1.54) is 0 Å². The number of benzene rings is 1. The maximum atomic E-state index is 13.0. The van der Waals surface area contributed by atoms with Gasteiger partial charge in [-0.15, -0.1) is 0 Å². The molecule has 0 saturated carbocycles. The zero-order valence-corrected chi connectivity index (χ0v) is 11.9. The van der Waals surface area contributed by atoms with Gasteiger partial charge in [0.25, 0.3) is 5.91 Å². The summed E-state index contributed by atoms with van der Waals surface area (Å²) in [4.78, 5) is 24.9. The van der Waals surface area contributed by atoms with Crippen LogP contribution in [0.4, 0.5) is 13.2 Å². The average molecular weight is 302 g/mol. The van der Waals surface area contributed by atoms with Gasteiger partial charge in [0, 0.05) is 31.6 Å². The van der Waals surface area contributed by atoms with E-state index in [4.69, 9.17) is 0 Å². The first-order valence-electron chi connectivity index (χ1n) is 6.61. The van der Waals surface area contributed by atoms with Crippen LogP contribution in [-0.2, 0) is 4.79 Å². The maximum Gasteiger partial charge on any atom is 0.251 e. The largest absolute Gasteiger partial charge is 0.352 e. The Balaban J connectivity index is 2.57. The van der Waals surface area contributed by atoms with Crippen LogP contribution < -0.4 is 5.32 Å². The lowest BCUT2D eigenvalue weighted by molar-refractivity contribution is -0.130. The van der Waals surface area contributed by atoms with Crippen LogP contribution in [0.1, 0.15) is 30.6 Å². The third-order valence-electron chi connectivity index (χ3n) is 2.99. The van der Waals surface area contributed by atoms with E-state index in [9.17, 15) is 22.8 Å². The normalized spacial score (nSPS) is 10.3. The second kappa shape index (κ2) is 7.66. The number of hydrogen-bond donors (Lipinski definition) is 1. The number of halogens is 3. The summed E-state index contributed by atoms with van der Waals surface area (Å²) in [6.07, 6.45) is 0.0829. The molecule has 0 saturated heterocycles. The van der Waals surface area contributed by atoms with Crippen molar-refractivity contribution in [2.24, 2.45) is 0 Å². The molecular weight excluding hydrogens is 285 g/mol. The summed E-state index contributed by atoms with van der Waals surface area (Å²) in [7, 11) is 0. The maximum absolute atomic E-state index is 13.0. The Hall–Kier alpha value is -2.05. The highest BCUT2D eigenvalue weighted by molar-refractivity contribution is 5.94. The first-order chi connectivity index (χ1) is 9.90. The molecule has 1 aromatic rings. The van der Waals surface area contributed by atoms with Gasteiger partial charge in [0.05, 0.1) is 0 Å². The number of nitrogens with zero attached hydrogens (tertiary/aromatic N) is 1. The molecule has 0 spiro atoms. The molecule has 0 heterocycles. The van der Waals surface area contributed by atoms with Gasteiger partial charge in [-0.3, -0.25) is 9.59 Å². The molecule has 0 aliphatic rings. The van der Waals surface area contributed by atoms with E-state index < -0.39 is 23.4 Å². The molecule has 0 aliphatic heterocycles. The van der Waals surface area contributed by atoms with Crippen LogP contribution in [0.5, 0.6) is 0 Å². The van der Waals surface area contributed by atoms with Crippen molar-refractivity contribution in [3.63, 3.8) is 0 Å². The van der Waals surface area contributed by atoms with Gasteiger partial charge in [-0.2, -0.15) is 0 Å². The van der Waals surface area contributed by atoms with Crippen LogP contribution in [0, 0.1) is 17.5 Å². The predicted octanol–water partition coefficient (Wildman–Crippen LogP) is 2.09. The van der Waals surface area contributed by atoms with Crippen LogP contribution in [-0.4, -0.2) is 36.3 Å². The molecule has 1 aromatic carbocycles. The Bertz CT molecular complexity index is 508. The van der Waals surface area contributed by atoms with Gasteiger partial charge >= 0.3 is 0 Å². The molecule has 2 amide bonds. The molecule has 0 unspecified atom stereocenters. The zero-order valence-electron chi connectivity index (χ0n) is 11.9. The van der Waals surface area contributed by atoms with Gasteiger partial charge < -0.3 is 10.2 Å². The van der Waals surface area contributed by atoms with Crippen LogP contribution in [0.3, 0.4) is 0 Å². The first-order valence-corrected chi connectivity index (χ1v) is 6.61. The van der Waals surface area contributed by atoms with Crippen molar-refractivity contribution in [3.05, 3.63) is 35.1 Å². The Labute approximate surface area is 120 Å². The topological polar surface area (TPSA) is 49.4 Å². The summed E-state index contributed by atoms with van der Waals surface area (Å²) in [6, 6.07) is 1.22. The minimum Gasteiger partial charge on any atom is -0.352 e. The molecule has 1 N–H and O–H groups in total. The smallest absolute Gasteiger partial charge is 0.251 e. The van der Waals surface area contributed by atoms with Crippen molar-refractivity contribution in [2.45, 2.75) is 20.3 Å². The van der Waals surface area contributed by atoms with Crippen molar-refractivity contribution in [1.82, 2.24) is 10.2 Å². The fraction of sp³-hybridized carbons (Fsp3) is 0.429. The molecular formula is C14H17F3N2O2. The van der Waals surface area contributed by atoms with Gasteiger partial charge in [-0.05, 0) is 26.0 Å². The van der Waals surface area contributed by atoms with Crippen molar-refractivity contribution in [3.8, 4) is 0 Å². The molecule has 4 nitrogen and oxygen atoms in total. The minimum atomic E-state index is -1.62. The Morgan fingerprint density at radius 1 is 1.10 bits per heavy atom. The van der Waals surface area contributed by atoms with Gasteiger partial charge in [0.15, 0.2) is 17.5 Å². The van der Waals surface area contributed by atoms with E-state index >= 15 is 0 Å². The third-order valence-corrected chi connectivity index (χ3v) is 2.99. The van der Waals surface area contributed by atoms with Crippen LogP contribution in [0.15, 0.2) is 12.1 Å². The Morgan fingerprint density at radius 3 is 2.10 bits per heavy atom. The highest BCUT2D eigenvalue weighted by Crippen LogP contribution is 2.13. The fourth-order valence-corrected chi connectivity index (χ4v) is 1.81. The van der Waals surface area contributed by atoms with Crippen molar-refractivity contribution in [2.75, 3.05) is 19.6 Å². The second-order valence-electron chi connectivity index (χ2n) is 4.33. The molecule has 7 heteroatoms. The SMILES string of the molecule is CCN(CC)C(=O)CCNC(=O)c1cc(F)c(F)c(F)c1. The summed E-state index contributed by atoms with van der Waals surface area (Å²) in [5, 5.41) is 2.36. The number of rotatable bonds is 6. The highest BCUT2D eigenvalue weighted by Gasteiger charge is 2.15. The summed E-state index contributed by atoms with van der Waals surface area (Å²) < 4.78 is 38.8. The molecule has 0 radical (unpaired) electrons. The Kier molecular flexibility index (Phi) is 6.20. The van der Waals surface area contributed by atoms with Crippen molar-refractivity contribution >= 4 is 11.8 Å². The van der Waals surface area contributed by atoms with Gasteiger partial charge in [0.1, 0.15) is 0 Å². The zero-order chi connectivity index (χ0) is 16.0. The highest BCUT2D eigenvalue weighted by atomic mass is 19.2. The molecule has 0 atom stereocenters. The number of amides is 2. The average Bonchev–Trinajstić information content (AvgIpc) is 2.45. The molecule has 0 bridgehead atoms. The van der Waals surface area contributed by atoms with Crippen molar-refractivity contribution in [1.29, 1.82) is 0 Å². The van der Waals surface area contributed by atoms with Gasteiger partial charge in [-0.1, -0.05) is 0 Å². The van der Waals surface area contributed by atoms with Crippen LogP contribution in [0.25, 0.3) is 0 Å². The lowest BCUT2D eigenvalue weighted by Crippen LogP contribution is -2.34. The molecule has 1 rings (SSSR count). The van der Waals surface area contributed by atoms with E-state index in [-0.39, 0.29) is 24.4 Å². The van der Waals surface area contributed by atoms with Gasteiger partial charge in [0.2, 0.25) is 5.91 Å².